The zero-order valence-electron chi connectivity index (χ0n) is 12.6. The Hall–Kier alpha value is -1.55. The fourth-order valence-electron chi connectivity index (χ4n) is 1.62. The van der Waals surface area contributed by atoms with Crippen molar-refractivity contribution in [2.24, 2.45) is 0 Å². The maximum absolute atomic E-state index is 14.4. The summed E-state index contributed by atoms with van der Waals surface area (Å²) in [5.74, 6) is -3.86. The number of nitrogens with one attached hydrogen (secondary N) is 1. The zero-order chi connectivity index (χ0) is 17.1. The van der Waals surface area contributed by atoms with Crippen molar-refractivity contribution in [2.45, 2.75) is 31.2 Å². The van der Waals surface area contributed by atoms with Crippen LogP contribution in [0.5, 0.6) is 0 Å². The van der Waals surface area contributed by atoms with E-state index in [0.717, 1.165) is 6.20 Å². The molecule has 0 aromatic carbocycles. The van der Waals surface area contributed by atoms with Crippen molar-refractivity contribution >= 4 is 0 Å². The van der Waals surface area contributed by atoms with E-state index >= 15 is 0 Å². The topological polar surface area (TPSA) is 125 Å². The summed E-state index contributed by atoms with van der Waals surface area (Å²) >= 11 is 0. The van der Waals surface area contributed by atoms with Crippen molar-refractivity contribution < 1.29 is 28.6 Å². The third-order valence-corrected chi connectivity index (χ3v) is 2.70. The van der Waals surface area contributed by atoms with Gasteiger partial charge in [0.15, 0.2) is 6.20 Å². The number of nitrogens with zero attached hydrogens (tertiary/aromatic N) is 1. The van der Waals surface area contributed by atoms with Gasteiger partial charge >= 0.3 is 5.69 Å². The minimum Gasteiger partial charge on any atom is -0.390 e. The molecule has 0 spiro atoms. The summed E-state index contributed by atoms with van der Waals surface area (Å²) in [5, 5.41) is 28.6. The molecule has 8 nitrogen and oxygen atoms in total. The van der Waals surface area contributed by atoms with Gasteiger partial charge in [0.2, 0.25) is 0 Å². The number of alkyl halides is 1. The van der Waals surface area contributed by atoms with Crippen molar-refractivity contribution in [3.05, 3.63) is 32.6 Å². The van der Waals surface area contributed by atoms with E-state index in [4.69, 9.17) is 9.22 Å². The molecule has 4 atom stereocenters. The van der Waals surface area contributed by atoms with E-state index < -0.39 is 42.1 Å². The predicted molar refractivity (Wildman–Crippen MR) is 59.1 cm³/mol. The lowest BCUT2D eigenvalue weighted by Crippen LogP contribution is -2.42. The Morgan fingerprint density at radius 3 is 2.84 bits per heavy atom. The molecule has 2 rings (SSSR count). The van der Waals surface area contributed by atoms with Gasteiger partial charge in [-0.05, 0) is 6.92 Å². The second-order valence-corrected chi connectivity index (χ2v) is 4.03. The van der Waals surface area contributed by atoms with E-state index in [1.807, 2.05) is 0 Å². The molecule has 1 aromatic heterocycles. The number of hydrogen-bond donors (Lipinski definition) is 4. The maximum Gasteiger partial charge on any atom is 0.330 e. The number of aliphatic hydroxyl groups is 3. The number of H-pyrrole nitrogens is 1. The Morgan fingerprint density at radius 1 is 1.68 bits per heavy atom. The molecule has 1 aliphatic heterocycles. The second kappa shape index (κ2) is 4.53. The highest BCUT2D eigenvalue weighted by Gasteiger charge is 2.55. The van der Waals surface area contributed by atoms with Crippen molar-refractivity contribution in [1.29, 1.82) is 0 Å². The average molecular weight is 279 g/mol. The van der Waals surface area contributed by atoms with Crippen LogP contribution in [-0.4, -0.2) is 49.5 Å². The quantitative estimate of drug-likeness (QED) is 0.485. The summed E-state index contributed by atoms with van der Waals surface area (Å²) in [5.41, 5.74) is -2.12. The van der Waals surface area contributed by atoms with Crippen LogP contribution in [0.25, 0.3) is 0 Å². The van der Waals surface area contributed by atoms with Crippen LogP contribution in [0.2, 0.25) is 0 Å². The van der Waals surface area contributed by atoms with E-state index in [0.29, 0.717) is 0 Å². The molecule has 0 bridgehead atoms. The zero-order valence-corrected chi connectivity index (χ0v) is 9.62. The molecule has 0 aliphatic carbocycles. The Kier molecular flexibility index (Phi) is 2.45. The first-order chi connectivity index (χ1) is 9.84. The molecule has 1 saturated heterocycles. The number of aliphatic hydroxyl groups excluding tert-OH is 2. The van der Waals surface area contributed by atoms with Gasteiger partial charge in [-0.2, -0.15) is 0 Å². The minimum absolute atomic E-state index is 0.0834. The monoisotopic (exact) mass is 279 g/mol. The number of hydrogen-bond acceptors (Lipinski definition) is 6. The molecule has 19 heavy (non-hydrogen) atoms. The van der Waals surface area contributed by atoms with Crippen LogP contribution in [0.1, 0.15) is 15.9 Å². The van der Waals surface area contributed by atoms with Crippen LogP contribution in [0.15, 0.2) is 15.8 Å². The number of aryl methyl sites for hydroxylation is 1. The summed E-state index contributed by atoms with van der Waals surface area (Å²) in [4.78, 5) is 24.8. The summed E-state index contributed by atoms with van der Waals surface area (Å²) in [7, 11) is 0. The Bertz CT molecular complexity index is 718. The molecule has 1 aliphatic rings. The first-order valence-electron chi connectivity index (χ1n) is 6.65. The third-order valence-electron chi connectivity index (χ3n) is 2.70. The number of aromatic nitrogens is 2. The summed E-state index contributed by atoms with van der Waals surface area (Å²) < 4.78 is 40.8. The van der Waals surface area contributed by atoms with Gasteiger partial charge in [0, 0.05) is 11.8 Å². The molecule has 106 valence electrons. The summed E-state index contributed by atoms with van der Waals surface area (Å²) in [6.07, 6.45) is -7.31. The van der Waals surface area contributed by atoms with Crippen molar-refractivity contribution in [2.75, 3.05) is 6.56 Å². The van der Waals surface area contributed by atoms with E-state index in [-0.39, 0.29) is 10.1 Å². The largest absolute Gasteiger partial charge is 0.390 e. The van der Waals surface area contributed by atoms with Crippen LogP contribution in [-0.2, 0) is 4.74 Å². The molecule has 4 N–H and O–H groups in total. The highest BCUT2D eigenvalue weighted by Crippen LogP contribution is 2.37. The number of aromatic amines is 1. The van der Waals surface area contributed by atoms with Crippen LogP contribution in [0.4, 0.5) is 4.39 Å². The van der Waals surface area contributed by atoms with Gasteiger partial charge in [-0.15, -0.1) is 0 Å². The summed E-state index contributed by atoms with van der Waals surface area (Å²) in [6, 6.07) is 0. The van der Waals surface area contributed by atoms with E-state index in [2.05, 4.69) is 4.74 Å². The molecule has 0 amide bonds. The van der Waals surface area contributed by atoms with Crippen LogP contribution in [0, 0.1) is 6.92 Å². The number of halogens is 1. The van der Waals surface area contributed by atoms with E-state index in [1.165, 1.54) is 6.92 Å². The lowest BCUT2D eigenvalue weighted by molar-refractivity contribution is -0.207. The van der Waals surface area contributed by atoms with Gasteiger partial charge in [0.05, 0.1) is 4.11 Å². The van der Waals surface area contributed by atoms with Crippen LogP contribution >= 0.6 is 0 Å². The smallest absolute Gasteiger partial charge is 0.330 e. The van der Waals surface area contributed by atoms with Gasteiger partial charge in [0.25, 0.3) is 11.4 Å². The molecule has 9 heteroatoms. The van der Waals surface area contributed by atoms with Crippen molar-refractivity contribution in [3.63, 3.8) is 0 Å². The van der Waals surface area contributed by atoms with Gasteiger partial charge in [0.1, 0.15) is 18.8 Å². The summed E-state index contributed by atoms with van der Waals surface area (Å²) in [6.45, 7) is -2.51. The normalized spacial score (nSPS) is 41.6. The predicted octanol–water partition coefficient (Wildman–Crippen LogP) is -2.25. The lowest BCUT2D eigenvalue weighted by atomic mass is 10.1. The Morgan fingerprint density at radius 2 is 2.32 bits per heavy atom. The molecule has 1 aromatic rings. The molecular weight excluding hydrogens is 263 g/mol. The Labute approximate surface area is 109 Å². The van der Waals surface area contributed by atoms with Gasteiger partial charge in [-0.1, -0.05) is 0 Å². The van der Waals surface area contributed by atoms with E-state index in [1.54, 1.807) is 4.98 Å². The molecule has 1 fully saturated rings. The lowest BCUT2D eigenvalue weighted by Gasteiger charge is -2.20. The average Bonchev–Trinajstić information content (AvgIpc) is 2.56. The molecule has 2 heterocycles. The van der Waals surface area contributed by atoms with Gasteiger partial charge in [-0.25, -0.2) is 9.18 Å². The third kappa shape index (κ3) is 2.10. The second-order valence-electron chi connectivity index (χ2n) is 4.03. The maximum atomic E-state index is 14.4. The fourth-order valence-corrected chi connectivity index (χ4v) is 1.62. The minimum atomic E-state index is -3.86. The molecule has 0 unspecified atom stereocenters. The van der Waals surface area contributed by atoms with E-state index in [9.17, 15) is 24.2 Å². The van der Waals surface area contributed by atoms with Gasteiger partial charge < -0.3 is 20.1 Å². The molecular formula is C10H13FN2O6. The van der Waals surface area contributed by atoms with Crippen LogP contribution in [0.3, 0.4) is 0 Å². The molecule has 0 radical (unpaired) electrons. The van der Waals surface area contributed by atoms with Crippen LogP contribution < -0.4 is 11.2 Å². The highest BCUT2D eigenvalue weighted by atomic mass is 19.2. The Balaban J connectivity index is 2.64. The van der Waals surface area contributed by atoms with Gasteiger partial charge in [-0.3, -0.25) is 14.3 Å². The van der Waals surface area contributed by atoms with Crippen molar-refractivity contribution in [1.82, 2.24) is 9.55 Å². The fraction of sp³-hybridized carbons (Fsp3) is 0.600. The number of rotatable bonds is 2. The number of ether oxygens (including phenoxy) is 1. The first kappa shape index (κ1) is 10.3. The van der Waals surface area contributed by atoms with Crippen molar-refractivity contribution in [3.8, 4) is 0 Å². The standard InChI is InChI=1S/C10H13FN2O6/c1-4-2-13(9(18)12-7(4)17)8-5(15)6(16)10(11,3-14)19-8/h2,5-6,8,14-16H,3H2,1H3,(H,12,17,18)/t5-,6+,8-,10-/m1/s1/i3D2,8D. The molecule has 0 saturated carbocycles. The SMILES string of the molecule is [2H]C([2H])(O)[C@@]1(F)O[C@@]([2H])(n2cc(C)c(=O)[nH]c2=O)[C@H](O)[C@@H]1O. The first-order valence-corrected chi connectivity index (χ1v) is 5.15. The highest BCUT2D eigenvalue weighted by molar-refractivity contribution is 5.04.